The van der Waals surface area contributed by atoms with E-state index in [1.807, 2.05) is 0 Å². The van der Waals surface area contributed by atoms with Crippen LogP contribution in [-0.4, -0.2) is 28.3 Å². The van der Waals surface area contributed by atoms with Crippen molar-refractivity contribution >= 4 is 39.0 Å². The summed E-state index contributed by atoms with van der Waals surface area (Å²) < 4.78 is 59.4. The molecule has 0 spiro atoms. The standard InChI is InChI=1S/C23H15F4N3O4S/c1-2-34-22(33)18-15-11-35-20(28-19(31)14-5-3-4-6-16(14)23(25,26)27)17(15)21(32)30(29-18)13-9-7-12(24)8-10-13/h3-11H,2H2,1H3,(H,28,31). The van der Waals surface area contributed by atoms with Gasteiger partial charge in [0.15, 0.2) is 5.69 Å². The zero-order chi connectivity index (χ0) is 25.3. The van der Waals surface area contributed by atoms with Crippen molar-refractivity contribution in [2.45, 2.75) is 13.1 Å². The number of hydrogen-bond donors (Lipinski definition) is 1. The van der Waals surface area contributed by atoms with Gasteiger partial charge in [0.2, 0.25) is 0 Å². The maximum absolute atomic E-state index is 13.4. The first kappa shape index (κ1) is 24.1. The van der Waals surface area contributed by atoms with E-state index in [4.69, 9.17) is 4.74 Å². The van der Waals surface area contributed by atoms with E-state index in [0.717, 1.165) is 46.4 Å². The average Bonchev–Trinajstić information content (AvgIpc) is 3.23. The third-order valence-electron chi connectivity index (χ3n) is 4.90. The molecule has 0 aliphatic rings. The second-order valence-electron chi connectivity index (χ2n) is 7.11. The molecular weight excluding hydrogens is 490 g/mol. The lowest BCUT2D eigenvalue weighted by Crippen LogP contribution is -2.26. The van der Waals surface area contributed by atoms with E-state index < -0.39 is 40.6 Å². The quantitative estimate of drug-likeness (QED) is 0.303. The molecule has 0 atom stereocenters. The topological polar surface area (TPSA) is 90.3 Å². The second kappa shape index (κ2) is 9.29. The molecule has 0 aliphatic carbocycles. The number of halogens is 4. The van der Waals surface area contributed by atoms with Crippen LogP contribution in [0.15, 0.2) is 58.7 Å². The SMILES string of the molecule is CCOC(=O)c1nn(-c2ccc(F)cc2)c(=O)c2c(NC(=O)c3ccccc3C(F)(F)F)scc12. The van der Waals surface area contributed by atoms with Crippen LogP contribution in [0.3, 0.4) is 0 Å². The largest absolute Gasteiger partial charge is 0.461 e. The first-order valence-electron chi connectivity index (χ1n) is 10.1. The molecule has 2 heterocycles. The minimum atomic E-state index is -4.78. The molecular formula is C23H15F4N3O4S. The highest BCUT2D eigenvalue weighted by molar-refractivity contribution is 7.16. The van der Waals surface area contributed by atoms with Gasteiger partial charge in [0.25, 0.3) is 11.5 Å². The Hall–Kier alpha value is -4.06. The van der Waals surface area contributed by atoms with Gasteiger partial charge in [0.05, 0.1) is 28.8 Å². The molecule has 35 heavy (non-hydrogen) atoms. The zero-order valence-corrected chi connectivity index (χ0v) is 18.7. The fourth-order valence-electron chi connectivity index (χ4n) is 3.35. The van der Waals surface area contributed by atoms with Gasteiger partial charge in [-0.3, -0.25) is 9.59 Å². The minimum absolute atomic E-state index is 0.0135. The van der Waals surface area contributed by atoms with E-state index in [1.54, 1.807) is 6.92 Å². The normalized spacial score (nSPS) is 11.5. The smallest absolute Gasteiger partial charge is 0.417 e. The van der Waals surface area contributed by atoms with Crippen molar-refractivity contribution in [3.05, 3.63) is 86.9 Å². The Morgan fingerprint density at radius 2 is 1.80 bits per heavy atom. The van der Waals surface area contributed by atoms with Gasteiger partial charge in [0, 0.05) is 10.8 Å². The summed E-state index contributed by atoms with van der Waals surface area (Å²) in [5.74, 6) is -2.52. The van der Waals surface area contributed by atoms with Crippen molar-refractivity contribution in [2.75, 3.05) is 11.9 Å². The Morgan fingerprint density at radius 3 is 2.46 bits per heavy atom. The Balaban J connectivity index is 1.88. The summed E-state index contributed by atoms with van der Waals surface area (Å²) in [6.07, 6.45) is -4.78. The Labute approximate surface area is 198 Å². The minimum Gasteiger partial charge on any atom is -0.461 e. The lowest BCUT2D eigenvalue weighted by Gasteiger charge is -2.12. The lowest BCUT2D eigenvalue weighted by atomic mass is 10.1. The number of ether oxygens (including phenoxy) is 1. The number of aromatic nitrogens is 2. The van der Waals surface area contributed by atoms with Crippen LogP contribution < -0.4 is 10.9 Å². The predicted molar refractivity (Wildman–Crippen MR) is 121 cm³/mol. The number of carbonyl (C=O) groups excluding carboxylic acids is 2. The molecule has 4 aromatic rings. The number of alkyl halides is 3. The summed E-state index contributed by atoms with van der Waals surface area (Å²) in [6, 6.07) is 8.90. The molecule has 7 nitrogen and oxygen atoms in total. The van der Waals surface area contributed by atoms with Crippen LogP contribution in [0, 0.1) is 5.82 Å². The predicted octanol–water partition coefficient (Wildman–Crippen LogP) is 5.03. The molecule has 0 unspecified atom stereocenters. The van der Waals surface area contributed by atoms with E-state index in [1.165, 1.54) is 23.6 Å². The van der Waals surface area contributed by atoms with Crippen molar-refractivity contribution in [2.24, 2.45) is 0 Å². The average molecular weight is 505 g/mol. The van der Waals surface area contributed by atoms with E-state index in [9.17, 15) is 31.9 Å². The number of anilines is 1. The van der Waals surface area contributed by atoms with E-state index >= 15 is 0 Å². The van der Waals surface area contributed by atoms with E-state index in [-0.39, 0.29) is 33.8 Å². The summed E-state index contributed by atoms with van der Waals surface area (Å²) in [5, 5.41) is 7.59. The highest BCUT2D eigenvalue weighted by Gasteiger charge is 2.35. The van der Waals surface area contributed by atoms with Crippen molar-refractivity contribution < 1.29 is 31.9 Å². The molecule has 2 aromatic heterocycles. The molecule has 4 rings (SSSR count). The third-order valence-corrected chi connectivity index (χ3v) is 5.79. The molecule has 0 saturated carbocycles. The fourth-order valence-corrected chi connectivity index (χ4v) is 4.28. The Bertz CT molecular complexity index is 1490. The molecule has 2 aromatic carbocycles. The second-order valence-corrected chi connectivity index (χ2v) is 7.99. The summed E-state index contributed by atoms with van der Waals surface area (Å²) in [7, 11) is 0. The molecule has 0 saturated heterocycles. The maximum atomic E-state index is 13.4. The summed E-state index contributed by atoms with van der Waals surface area (Å²) in [4.78, 5) is 38.6. The van der Waals surface area contributed by atoms with Crippen molar-refractivity contribution in [1.82, 2.24) is 9.78 Å². The molecule has 12 heteroatoms. The van der Waals surface area contributed by atoms with Crippen molar-refractivity contribution in [3.8, 4) is 5.69 Å². The van der Waals surface area contributed by atoms with E-state index in [2.05, 4.69) is 10.4 Å². The van der Waals surface area contributed by atoms with Crippen LogP contribution >= 0.6 is 11.3 Å². The number of thiophene rings is 1. The first-order chi connectivity index (χ1) is 16.6. The third kappa shape index (κ3) is 4.64. The van der Waals surface area contributed by atoms with Gasteiger partial charge in [-0.05, 0) is 43.3 Å². The Kier molecular flexibility index (Phi) is 6.39. The maximum Gasteiger partial charge on any atom is 0.417 e. The molecule has 0 bridgehead atoms. The van der Waals surface area contributed by atoms with Crippen LogP contribution in [0.4, 0.5) is 22.6 Å². The number of nitrogens with zero attached hydrogens (tertiary/aromatic N) is 2. The number of carbonyl (C=O) groups is 2. The van der Waals surface area contributed by atoms with Crippen LogP contribution in [0.2, 0.25) is 0 Å². The van der Waals surface area contributed by atoms with Gasteiger partial charge >= 0.3 is 12.1 Å². The fraction of sp³-hybridized carbons (Fsp3) is 0.130. The van der Waals surface area contributed by atoms with Gasteiger partial charge in [-0.25, -0.2) is 9.18 Å². The monoisotopic (exact) mass is 505 g/mol. The van der Waals surface area contributed by atoms with Crippen molar-refractivity contribution in [1.29, 1.82) is 0 Å². The zero-order valence-electron chi connectivity index (χ0n) is 17.9. The van der Waals surface area contributed by atoms with E-state index in [0.29, 0.717) is 0 Å². The molecule has 0 aliphatic heterocycles. The van der Waals surface area contributed by atoms with Crippen LogP contribution in [0.1, 0.15) is 33.3 Å². The molecule has 1 amide bonds. The van der Waals surface area contributed by atoms with Crippen LogP contribution in [0.25, 0.3) is 16.5 Å². The number of benzene rings is 2. The summed E-state index contributed by atoms with van der Waals surface area (Å²) in [5.41, 5.74) is -2.69. The number of esters is 1. The number of amides is 1. The van der Waals surface area contributed by atoms with Gasteiger partial charge in [0.1, 0.15) is 10.8 Å². The summed E-state index contributed by atoms with van der Waals surface area (Å²) >= 11 is 0.835. The molecule has 1 N–H and O–H groups in total. The number of fused-ring (bicyclic) bond motifs is 1. The highest BCUT2D eigenvalue weighted by Crippen LogP contribution is 2.34. The van der Waals surface area contributed by atoms with Gasteiger partial charge in [-0.2, -0.15) is 23.0 Å². The van der Waals surface area contributed by atoms with Gasteiger partial charge in [-0.1, -0.05) is 12.1 Å². The van der Waals surface area contributed by atoms with Crippen molar-refractivity contribution in [3.63, 3.8) is 0 Å². The lowest BCUT2D eigenvalue weighted by molar-refractivity contribution is -0.137. The number of rotatable bonds is 5. The first-order valence-corrected chi connectivity index (χ1v) is 10.9. The molecule has 0 fully saturated rings. The number of nitrogens with one attached hydrogen (secondary N) is 1. The van der Waals surface area contributed by atoms with Crippen LogP contribution in [0.5, 0.6) is 0 Å². The van der Waals surface area contributed by atoms with Gasteiger partial charge < -0.3 is 10.1 Å². The highest BCUT2D eigenvalue weighted by atomic mass is 32.1. The number of hydrogen-bond acceptors (Lipinski definition) is 6. The molecule has 180 valence electrons. The Morgan fingerprint density at radius 1 is 1.11 bits per heavy atom. The summed E-state index contributed by atoms with van der Waals surface area (Å²) in [6.45, 7) is 1.59. The van der Waals surface area contributed by atoms with Crippen LogP contribution in [-0.2, 0) is 10.9 Å². The molecule has 0 radical (unpaired) electrons. The van der Waals surface area contributed by atoms with Gasteiger partial charge in [-0.15, -0.1) is 11.3 Å².